The van der Waals surface area contributed by atoms with Crippen molar-refractivity contribution in [1.29, 1.82) is 0 Å². The Hall–Kier alpha value is -3.94. The van der Waals surface area contributed by atoms with Gasteiger partial charge in [-0.2, -0.15) is 0 Å². The minimum absolute atomic E-state index is 0.0147. The first kappa shape index (κ1) is 21.3. The molecule has 3 aromatic rings. The van der Waals surface area contributed by atoms with Crippen molar-refractivity contribution >= 4 is 17.8 Å². The highest BCUT2D eigenvalue weighted by Crippen LogP contribution is 2.23. The van der Waals surface area contributed by atoms with Crippen molar-refractivity contribution in [2.45, 2.75) is 26.4 Å². The maximum Gasteiger partial charge on any atom is 0.376 e. The van der Waals surface area contributed by atoms with Crippen LogP contribution in [0.5, 0.6) is 5.75 Å². The van der Waals surface area contributed by atoms with Crippen LogP contribution in [-0.4, -0.2) is 40.8 Å². The number of carbonyl (C=O) groups is 3. The van der Waals surface area contributed by atoms with E-state index in [1.54, 1.807) is 43.3 Å². The first-order valence-electron chi connectivity index (χ1n) is 10.4. The minimum Gasteiger partial charge on any atom is -0.484 e. The third-order valence-electron chi connectivity index (χ3n) is 4.98. The standard InChI is InChI=1S/C24H22N2O6/c1-2-30-24(29)21-19(25-20(32-21)15-31-16-9-4-3-5-10-16)13-8-14-26-22(27)17-11-6-7-12-18(17)23(26)28/h3-7,9-12H,2,8,13-15H2,1H3. The van der Waals surface area contributed by atoms with Crippen LogP contribution >= 0.6 is 0 Å². The Morgan fingerprint density at radius 2 is 1.66 bits per heavy atom. The van der Waals surface area contributed by atoms with Gasteiger partial charge in [0, 0.05) is 6.54 Å². The summed E-state index contributed by atoms with van der Waals surface area (Å²) in [7, 11) is 0. The lowest BCUT2D eigenvalue weighted by atomic mass is 10.1. The second-order valence-corrected chi connectivity index (χ2v) is 7.12. The van der Waals surface area contributed by atoms with E-state index < -0.39 is 5.97 Å². The number of aryl methyl sites for hydroxylation is 1. The number of oxazole rings is 1. The molecule has 8 heteroatoms. The number of fused-ring (bicyclic) bond motifs is 1. The zero-order valence-corrected chi connectivity index (χ0v) is 17.6. The molecule has 164 valence electrons. The molecule has 0 bridgehead atoms. The Morgan fingerprint density at radius 3 is 2.31 bits per heavy atom. The van der Waals surface area contributed by atoms with E-state index in [-0.39, 0.29) is 43.2 Å². The Kier molecular flexibility index (Phi) is 6.30. The summed E-state index contributed by atoms with van der Waals surface area (Å²) in [5.41, 5.74) is 1.23. The van der Waals surface area contributed by atoms with Crippen molar-refractivity contribution in [2.24, 2.45) is 0 Å². The van der Waals surface area contributed by atoms with Crippen LogP contribution in [0.2, 0.25) is 0 Å². The number of para-hydroxylation sites is 1. The number of hydrogen-bond donors (Lipinski definition) is 0. The molecule has 8 nitrogen and oxygen atoms in total. The van der Waals surface area contributed by atoms with Gasteiger partial charge in [0.25, 0.3) is 11.8 Å². The van der Waals surface area contributed by atoms with Crippen molar-refractivity contribution in [2.75, 3.05) is 13.2 Å². The van der Waals surface area contributed by atoms with Crippen LogP contribution in [0.4, 0.5) is 0 Å². The SMILES string of the molecule is CCOC(=O)c1oc(COc2ccccc2)nc1CCCN1C(=O)c2ccccc2C1=O. The average molecular weight is 434 g/mol. The monoisotopic (exact) mass is 434 g/mol. The molecule has 0 spiro atoms. The zero-order valence-electron chi connectivity index (χ0n) is 17.6. The number of rotatable bonds is 9. The molecule has 1 aliphatic heterocycles. The highest BCUT2D eigenvalue weighted by Gasteiger charge is 2.34. The summed E-state index contributed by atoms with van der Waals surface area (Å²) in [6, 6.07) is 15.9. The van der Waals surface area contributed by atoms with Gasteiger partial charge in [-0.15, -0.1) is 0 Å². The fourth-order valence-electron chi connectivity index (χ4n) is 3.50. The van der Waals surface area contributed by atoms with Crippen molar-refractivity contribution < 1.29 is 28.3 Å². The van der Waals surface area contributed by atoms with Crippen molar-refractivity contribution in [1.82, 2.24) is 9.88 Å². The predicted molar refractivity (Wildman–Crippen MR) is 113 cm³/mol. The van der Waals surface area contributed by atoms with Gasteiger partial charge in [0.2, 0.25) is 11.7 Å². The minimum atomic E-state index is -0.610. The van der Waals surface area contributed by atoms with Gasteiger partial charge in [-0.3, -0.25) is 14.5 Å². The number of amides is 2. The molecule has 0 aliphatic carbocycles. The molecule has 0 unspecified atom stereocenters. The van der Waals surface area contributed by atoms with E-state index in [1.165, 1.54) is 4.90 Å². The lowest BCUT2D eigenvalue weighted by molar-refractivity contribution is 0.0482. The lowest BCUT2D eigenvalue weighted by Crippen LogP contribution is -2.31. The molecule has 0 N–H and O–H groups in total. The number of carbonyl (C=O) groups excluding carboxylic acids is 3. The average Bonchev–Trinajstić information content (AvgIpc) is 3.33. The molecule has 2 amide bonds. The highest BCUT2D eigenvalue weighted by molar-refractivity contribution is 6.21. The molecule has 0 saturated heterocycles. The summed E-state index contributed by atoms with van der Waals surface area (Å²) in [6.45, 7) is 2.16. The molecule has 2 aromatic carbocycles. The van der Waals surface area contributed by atoms with Crippen LogP contribution < -0.4 is 4.74 Å². The Labute approximate surface area is 184 Å². The Balaban J connectivity index is 1.43. The molecule has 2 heterocycles. The van der Waals surface area contributed by atoms with E-state index >= 15 is 0 Å². The highest BCUT2D eigenvalue weighted by atomic mass is 16.5. The normalized spacial score (nSPS) is 12.7. The summed E-state index contributed by atoms with van der Waals surface area (Å²) >= 11 is 0. The number of ether oxygens (including phenoxy) is 2. The van der Waals surface area contributed by atoms with E-state index in [0.717, 1.165) is 0 Å². The fraction of sp³-hybridized carbons (Fsp3) is 0.250. The third kappa shape index (κ3) is 4.39. The van der Waals surface area contributed by atoms with Crippen LogP contribution in [-0.2, 0) is 17.8 Å². The molecule has 1 aromatic heterocycles. The van der Waals surface area contributed by atoms with Gasteiger partial charge in [0.05, 0.1) is 23.4 Å². The van der Waals surface area contributed by atoms with Crippen LogP contribution in [0.25, 0.3) is 0 Å². The van der Waals surface area contributed by atoms with Gasteiger partial charge in [0.1, 0.15) is 5.75 Å². The zero-order chi connectivity index (χ0) is 22.5. The predicted octanol–water partition coefficient (Wildman–Crippen LogP) is 3.66. The van der Waals surface area contributed by atoms with Gasteiger partial charge >= 0.3 is 5.97 Å². The van der Waals surface area contributed by atoms with E-state index in [4.69, 9.17) is 13.9 Å². The number of esters is 1. The molecule has 0 saturated carbocycles. The summed E-state index contributed by atoms with van der Waals surface area (Å²) in [5.74, 6) is -0.326. The second kappa shape index (κ2) is 9.47. The number of hydrogen-bond acceptors (Lipinski definition) is 7. The van der Waals surface area contributed by atoms with E-state index in [1.807, 2.05) is 18.2 Å². The van der Waals surface area contributed by atoms with E-state index in [2.05, 4.69) is 4.98 Å². The van der Waals surface area contributed by atoms with Gasteiger partial charge in [0.15, 0.2) is 6.61 Å². The third-order valence-corrected chi connectivity index (χ3v) is 4.98. The van der Waals surface area contributed by atoms with Crippen LogP contribution in [0, 0.1) is 0 Å². The summed E-state index contributed by atoms with van der Waals surface area (Å²) < 4.78 is 16.3. The molecule has 1 aliphatic rings. The van der Waals surface area contributed by atoms with Crippen LogP contribution in [0.15, 0.2) is 59.0 Å². The van der Waals surface area contributed by atoms with Crippen LogP contribution in [0.1, 0.15) is 56.2 Å². The number of benzene rings is 2. The number of nitrogens with zero attached hydrogens (tertiary/aromatic N) is 2. The molecule has 32 heavy (non-hydrogen) atoms. The smallest absolute Gasteiger partial charge is 0.376 e. The molecule has 4 rings (SSSR count). The molecule has 0 atom stereocenters. The Morgan fingerprint density at radius 1 is 1.00 bits per heavy atom. The van der Waals surface area contributed by atoms with Gasteiger partial charge < -0.3 is 13.9 Å². The molecule has 0 radical (unpaired) electrons. The topological polar surface area (TPSA) is 98.9 Å². The fourth-order valence-corrected chi connectivity index (χ4v) is 3.50. The molecule has 0 fully saturated rings. The second-order valence-electron chi connectivity index (χ2n) is 7.12. The first-order valence-corrected chi connectivity index (χ1v) is 10.4. The quantitative estimate of drug-likeness (QED) is 0.374. The maximum atomic E-state index is 12.5. The lowest BCUT2D eigenvalue weighted by Gasteiger charge is -2.13. The summed E-state index contributed by atoms with van der Waals surface area (Å²) in [5, 5.41) is 0. The summed E-state index contributed by atoms with van der Waals surface area (Å²) in [4.78, 5) is 42.9. The number of imide groups is 1. The van der Waals surface area contributed by atoms with Gasteiger partial charge in [-0.25, -0.2) is 9.78 Å². The van der Waals surface area contributed by atoms with Crippen LogP contribution in [0.3, 0.4) is 0 Å². The molecular formula is C24H22N2O6. The molecular weight excluding hydrogens is 412 g/mol. The largest absolute Gasteiger partial charge is 0.484 e. The van der Waals surface area contributed by atoms with E-state index in [0.29, 0.717) is 35.4 Å². The number of aromatic nitrogens is 1. The van der Waals surface area contributed by atoms with Crippen molar-refractivity contribution in [3.05, 3.63) is 83.1 Å². The maximum absolute atomic E-state index is 12.5. The van der Waals surface area contributed by atoms with Crippen molar-refractivity contribution in [3.63, 3.8) is 0 Å². The van der Waals surface area contributed by atoms with Crippen molar-refractivity contribution in [3.8, 4) is 5.75 Å². The van der Waals surface area contributed by atoms with Gasteiger partial charge in [-0.05, 0) is 44.0 Å². The van der Waals surface area contributed by atoms with E-state index in [9.17, 15) is 14.4 Å². The summed E-state index contributed by atoms with van der Waals surface area (Å²) in [6.07, 6.45) is 0.750. The first-order chi connectivity index (χ1) is 15.6. The van der Waals surface area contributed by atoms with Gasteiger partial charge in [-0.1, -0.05) is 30.3 Å². The Bertz CT molecular complexity index is 1100.